The van der Waals surface area contributed by atoms with Crippen LogP contribution in [0.25, 0.3) is 11.1 Å². The third kappa shape index (κ3) is 3.07. The number of fused-ring (bicyclic) bond motifs is 4. The van der Waals surface area contributed by atoms with Gasteiger partial charge in [0.25, 0.3) is 0 Å². The Balaban J connectivity index is 1.58. The molecule has 0 amide bonds. The second kappa shape index (κ2) is 7.10. The Bertz CT molecular complexity index is 1460. The van der Waals surface area contributed by atoms with Gasteiger partial charge < -0.3 is 4.90 Å². The molecule has 4 aromatic carbocycles. The molecular formula is C34H35N. The lowest BCUT2D eigenvalue weighted by Crippen LogP contribution is -2.38. The van der Waals surface area contributed by atoms with Crippen LogP contribution in [0.3, 0.4) is 0 Å². The summed E-state index contributed by atoms with van der Waals surface area (Å²) in [7, 11) is 0. The van der Waals surface area contributed by atoms with Crippen LogP contribution in [0.15, 0.2) is 84.9 Å². The fraction of sp³-hybridized carbons (Fsp3) is 0.294. The average molecular weight is 458 g/mol. The molecule has 0 aliphatic carbocycles. The van der Waals surface area contributed by atoms with E-state index in [1.165, 1.54) is 56.0 Å². The zero-order valence-electron chi connectivity index (χ0n) is 22.0. The highest BCUT2D eigenvalue weighted by atomic mass is 15.2. The normalized spacial score (nSPS) is 16.8. The average Bonchev–Trinajstić information content (AvgIpc) is 2.83. The van der Waals surface area contributed by atoms with Crippen molar-refractivity contribution >= 4 is 17.1 Å². The highest BCUT2D eigenvalue weighted by molar-refractivity contribution is 5.93. The molecule has 176 valence electrons. The number of hydrogen-bond donors (Lipinski definition) is 0. The Morgan fingerprint density at radius 3 is 1.74 bits per heavy atom. The summed E-state index contributed by atoms with van der Waals surface area (Å²) in [5.74, 6) is 0. The summed E-state index contributed by atoms with van der Waals surface area (Å²) < 4.78 is 0. The summed E-state index contributed by atoms with van der Waals surface area (Å²) >= 11 is 0. The van der Waals surface area contributed by atoms with Crippen molar-refractivity contribution in [2.24, 2.45) is 0 Å². The van der Waals surface area contributed by atoms with Gasteiger partial charge in [-0.05, 0) is 62.6 Å². The zero-order chi connectivity index (χ0) is 24.8. The lowest BCUT2D eigenvalue weighted by Gasteiger charge is -2.49. The molecule has 0 spiro atoms. The van der Waals surface area contributed by atoms with Crippen molar-refractivity contribution in [3.8, 4) is 11.1 Å². The summed E-state index contributed by atoms with van der Waals surface area (Å²) in [5.41, 5.74) is 13.5. The van der Waals surface area contributed by atoms with Crippen molar-refractivity contribution in [1.82, 2.24) is 0 Å². The van der Waals surface area contributed by atoms with E-state index in [1.54, 1.807) is 0 Å². The van der Waals surface area contributed by atoms with E-state index in [1.807, 2.05) is 0 Å². The van der Waals surface area contributed by atoms with Gasteiger partial charge in [0.15, 0.2) is 0 Å². The quantitative estimate of drug-likeness (QED) is 0.275. The largest absolute Gasteiger partial charge is 0.309 e. The van der Waals surface area contributed by atoms with E-state index < -0.39 is 0 Å². The maximum Gasteiger partial charge on any atom is 0.0543 e. The topological polar surface area (TPSA) is 3.24 Å². The smallest absolute Gasteiger partial charge is 0.0543 e. The van der Waals surface area contributed by atoms with Crippen molar-refractivity contribution in [1.29, 1.82) is 0 Å². The second-order valence-corrected chi connectivity index (χ2v) is 12.4. The molecule has 2 heterocycles. The number of nitrogens with zero attached hydrogens (tertiary/aromatic N) is 1. The van der Waals surface area contributed by atoms with Crippen molar-refractivity contribution in [2.45, 2.75) is 64.7 Å². The first-order valence-electron chi connectivity index (χ1n) is 12.8. The van der Waals surface area contributed by atoms with Crippen molar-refractivity contribution in [3.63, 3.8) is 0 Å². The lowest BCUT2D eigenvalue weighted by atomic mass is 9.66. The molecule has 0 bridgehead atoms. The Hall–Kier alpha value is -3.32. The van der Waals surface area contributed by atoms with Crippen LogP contribution < -0.4 is 4.90 Å². The van der Waals surface area contributed by atoms with E-state index in [9.17, 15) is 0 Å². The summed E-state index contributed by atoms with van der Waals surface area (Å²) in [6.07, 6.45) is 0. The molecule has 1 heteroatoms. The molecule has 0 saturated carbocycles. The summed E-state index contributed by atoms with van der Waals surface area (Å²) in [5, 5.41) is 0. The Labute approximate surface area is 210 Å². The summed E-state index contributed by atoms with van der Waals surface area (Å²) in [6, 6.07) is 32.1. The van der Waals surface area contributed by atoms with Crippen molar-refractivity contribution in [3.05, 3.63) is 113 Å². The standard InChI is InChI=1S/C34H35N/c1-32(2,3)24-18-15-22(16-19-24)23-17-20-30-28(21-23)34(6,7)27-13-10-12-26-31(27)35(30)29-14-9-8-11-25(29)33(26,4)5/h8-21H,1-7H3. The van der Waals surface area contributed by atoms with Gasteiger partial charge in [0.2, 0.25) is 0 Å². The van der Waals surface area contributed by atoms with Crippen LogP contribution in [0.1, 0.15) is 76.3 Å². The Morgan fingerprint density at radius 2 is 1.09 bits per heavy atom. The van der Waals surface area contributed by atoms with Crippen LogP contribution in [-0.2, 0) is 16.2 Å². The first-order chi connectivity index (χ1) is 16.5. The molecule has 35 heavy (non-hydrogen) atoms. The number of para-hydroxylation sites is 2. The third-order valence-corrected chi connectivity index (χ3v) is 8.42. The molecule has 0 unspecified atom stereocenters. The molecule has 0 atom stereocenters. The van der Waals surface area contributed by atoms with Crippen LogP contribution in [0, 0.1) is 0 Å². The fourth-order valence-electron chi connectivity index (χ4n) is 6.22. The molecule has 1 nitrogen and oxygen atoms in total. The van der Waals surface area contributed by atoms with Crippen molar-refractivity contribution in [2.75, 3.05) is 4.90 Å². The van der Waals surface area contributed by atoms with Gasteiger partial charge in [0.05, 0.1) is 17.1 Å². The van der Waals surface area contributed by atoms with Crippen molar-refractivity contribution < 1.29 is 0 Å². The number of benzene rings is 4. The van der Waals surface area contributed by atoms with Crippen LogP contribution >= 0.6 is 0 Å². The molecule has 0 aromatic heterocycles. The van der Waals surface area contributed by atoms with Gasteiger partial charge in [-0.2, -0.15) is 0 Å². The van der Waals surface area contributed by atoms with E-state index in [2.05, 4.69) is 138 Å². The number of anilines is 3. The molecule has 2 aliphatic heterocycles. The number of rotatable bonds is 1. The van der Waals surface area contributed by atoms with E-state index in [-0.39, 0.29) is 16.2 Å². The predicted molar refractivity (Wildman–Crippen MR) is 150 cm³/mol. The maximum absolute atomic E-state index is 2.53. The SMILES string of the molecule is CC(C)(C)c1ccc(-c2ccc3c(c2)C(C)(C)c2cccc4c2N3c2ccccc2C4(C)C)cc1. The van der Waals surface area contributed by atoms with Gasteiger partial charge in [0, 0.05) is 10.8 Å². The first-order valence-corrected chi connectivity index (χ1v) is 12.8. The molecule has 0 saturated heterocycles. The van der Waals surface area contributed by atoms with Gasteiger partial charge in [-0.25, -0.2) is 0 Å². The summed E-state index contributed by atoms with van der Waals surface area (Å²) in [4.78, 5) is 2.53. The molecule has 0 fully saturated rings. The first kappa shape index (κ1) is 22.2. The molecule has 0 N–H and O–H groups in total. The zero-order valence-corrected chi connectivity index (χ0v) is 22.0. The van der Waals surface area contributed by atoms with E-state index >= 15 is 0 Å². The van der Waals surface area contributed by atoms with Gasteiger partial charge in [-0.1, -0.05) is 115 Å². The van der Waals surface area contributed by atoms with Crippen LogP contribution in [0.2, 0.25) is 0 Å². The molecule has 6 rings (SSSR count). The Morgan fingerprint density at radius 1 is 0.543 bits per heavy atom. The summed E-state index contributed by atoms with van der Waals surface area (Å²) in [6.45, 7) is 16.3. The van der Waals surface area contributed by atoms with E-state index in [0.29, 0.717) is 0 Å². The maximum atomic E-state index is 2.53. The lowest BCUT2D eigenvalue weighted by molar-refractivity contribution is 0.590. The van der Waals surface area contributed by atoms with E-state index in [0.717, 1.165) is 0 Å². The van der Waals surface area contributed by atoms with Gasteiger partial charge in [-0.3, -0.25) is 0 Å². The monoisotopic (exact) mass is 457 g/mol. The van der Waals surface area contributed by atoms with Gasteiger partial charge in [-0.15, -0.1) is 0 Å². The third-order valence-electron chi connectivity index (χ3n) is 8.42. The van der Waals surface area contributed by atoms with Crippen LogP contribution in [0.5, 0.6) is 0 Å². The predicted octanol–water partition coefficient (Wildman–Crippen LogP) is 9.40. The second-order valence-electron chi connectivity index (χ2n) is 12.4. The molecular weight excluding hydrogens is 422 g/mol. The van der Waals surface area contributed by atoms with E-state index in [4.69, 9.17) is 0 Å². The minimum absolute atomic E-state index is 0.0409. The minimum atomic E-state index is -0.0963. The Kier molecular flexibility index (Phi) is 4.50. The molecule has 2 aliphatic rings. The fourth-order valence-corrected chi connectivity index (χ4v) is 6.22. The highest BCUT2D eigenvalue weighted by Crippen LogP contribution is 2.60. The number of hydrogen-bond acceptors (Lipinski definition) is 1. The van der Waals surface area contributed by atoms with Gasteiger partial charge >= 0.3 is 0 Å². The molecule has 4 aromatic rings. The highest BCUT2D eigenvalue weighted by Gasteiger charge is 2.45. The molecule has 0 radical (unpaired) electrons. The van der Waals surface area contributed by atoms with Crippen LogP contribution in [-0.4, -0.2) is 0 Å². The van der Waals surface area contributed by atoms with Gasteiger partial charge in [0.1, 0.15) is 0 Å². The van der Waals surface area contributed by atoms with Crippen LogP contribution in [0.4, 0.5) is 17.1 Å². The minimum Gasteiger partial charge on any atom is -0.309 e.